The molecule has 126 valence electrons. The van der Waals surface area contributed by atoms with Crippen LogP contribution in [0.4, 0.5) is 0 Å². The minimum absolute atomic E-state index is 0.0460. The Balaban J connectivity index is 1.84. The van der Waals surface area contributed by atoms with Gasteiger partial charge in [-0.3, -0.25) is 9.59 Å². The maximum Gasteiger partial charge on any atom is 0.254 e. The van der Waals surface area contributed by atoms with Gasteiger partial charge in [0, 0.05) is 18.2 Å². The molecule has 5 nitrogen and oxygen atoms in total. The molecule has 1 atom stereocenters. The number of hydrogen-bond acceptors (Lipinski definition) is 4. The van der Waals surface area contributed by atoms with E-state index in [1.165, 1.54) is 4.88 Å². The van der Waals surface area contributed by atoms with Crippen molar-refractivity contribution in [3.8, 4) is 0 Å². The number of nitrogens with two attached hydrogens (primary N) is 1. The molecular formula is C18H21N3O2S. The first-order valence-electron chi connectivity index (χ1n) is 8.16. The minimum Gasteiger partial charge on any atom is -0.366 e. The predicted octanol–water partition coefficient (Wildman–Crippen LogP) is 2.95. The first-order chi connectivity index (χ1) is 11.5. The van der Waals surface area contributed by atoms with Crippen molar-refractivity contribution in [2.45, 2.75) is 38.6 Å². The normalized spacial score (nSPS) is 16.5. The molecule has 1 heterocycles. The zero-order valence-electron chi connectivity index (χ0n) is 13.9. The standard InChI is InChI=1S/C18H21N3O2S/c1-3-15-20-13-5-4-6-14(16(13)24-15)21(2)18(23)12-9-7-11(8-10-12)17(19)22/h7-10,14H,3-6H2,1-2H3,(H2,19,22). The van der Waals surface area contributed by atoms with Crippen LogP contribution < -0.4 is 5.73 Å². The van der Waals surface area contributed by atoms with Gasteiger partial charge in [-0.1, -0.05) is 6.92 Å². The van der Waals surface area contributed by atoms with Crippen molar-refractivity contribution >= 4 is 23.2 Å². The fourth-order valence-electron chi connectivity index (χ4n) is 3.09. The van der Waals surface area contributed by atoms with Crippen LogP contribution >= 0.6 is 11.3 Å². The summed E-state index contributed by atoms with van der Waals surface area (Å²) in [5.41, 5.74) is 7.37. The predicted molar refractivity (Wildman–Crippen MR) is 94.2 cm³/mol. The molecule has 6 heteroatoms. The summed E-state index contributed by atoms with van der Waals surface area (Å²) in [5.74, 6) is -0.536. The number of primary amides is 1. The highest BCUT2D eigenvalue weighted by molar-refractivity contribution is 7.11. The lowest BCUT2D eigenvalue weighted by Crippen LogP contribution is -2.32. The van der Waals surface area contributed by atoms with Crippen LogP contribution in [-0.4, -0.2) is 28.7 Å². The number of carbonyl (C=O) groups excluding carboxylic acids is 2. The molecule has 0 saturated heterocycles. The first kappa shape index (κ1) is 16.6. The molecule has 3 rings (SSSR count). The molecule has 2 aromatic rings. The van der Waals surface area contributed by atoms with Gasteiger partial charge in [0.15, 0.2) is 0 Å². The largest absolute Gasteiger partial charge is 0.366 e. The van der Waals surface area contributed by atoms with Crippen LogP contribution in [-0.2, 0) is 12.8 Å². The summed E-state index contributed by atoms with van der Waals surface area (Å²) in [5, 5.41) is 1.14. The second-order valence-electron chi connectivity index (χ2n) is 6.04. The average molecular weight is 343 g/mol. The van der Waals surface area contributed by atoms with E-state index < -0.39 is 5.91 Å². The van der Waals surface area contributed by atoms with E-state index >= 15 is 0 Å². The number of rotatable bonds is 4. The van der Waals surface area contributed by atoms with Crippen molar-refractivity contribution in [2.24, 2.45) is 5.73 Å². The number of aryl methyl sites for hydroxylation is 2. The second-order valence-corrected chi connectivity index (χ2v) is 7.15. The van der Waals surface area contributed by atoms with Crippen LogP contribution in [0.5, 0.6) is 0 Å². The molecule has 0 saturated carbocycles. The molecule has 0 fully saturated rings. The van der Waals surface area contributed by atoms with Crippen molar-refractivity contribution in [3.05, 3.63) is 51.0 Å². The van der Waals surface area contributed by atoms with Gasteiger partial charge in [-0.2, -0.15) is 0 Å². The van der Waals surface area contributed by atoms with Crippen molar-refractivity contribution in [2.75, 3.05) is 7.05 Å². The van der Waals surface area contributed by atoms with E-state index in [0.717, 1.165) is 36.4 Å². The number of benzene rings is 1. The third-order valence-electron chi connectivity index (χ3n) is 4.47. The summed E-state index contributed by atoms with van der Waals surface area (Å²) < 4.78 is 0. The van der Waals surface area contributed by atoms with Crippen LogP contribution in [0.25, 0.3) is 0 Å². The third-order valence-corrected chi connectivity index (χ3v) is 5.82. The molecule has 1 aliphatic rings. The number of amides is 2. The van der Waals surface area contributed by atoms with Gasteiger partial charge < -0.3 is 10.6 Å². The molecule has 0 bridgehead atoms. The van der Waals surface area contributed by atoms with Gasteiger partial charge in [0.2, 0.25) is 5.91 Å². The summed E-state index contributed by atoms with van der Waals surface area (Å²) in [6, 6.07) is 6.59. The number of aromatic nitrogens is 1. The monoisotopic (exact) mass is 343 g/mol. The van der Waals surface area contributed by atoms with Gasteiger partial charge in [-0.05, 0) is 49.9 Å². The van der Waals surface area contributed by atoms with Crippen LogP contribution in [0.3, 0.4) is 0 Å². The van der Waals surface area contributed by atoms with Crippen LogP contribution in [0, 0.1) is 0 Å². The summed E-state index contributed by atoms with van der Waals surface area (Å²) in [6.45, 7) is 2.11. The minimum atomic E-state index is -0.490. The van der Waals surface area contributed by atoms with Crippen LogP contribution in [0.1, 0.15) is 62.1 Å². The highest BCUT2D eigenvalue weighted by atomic mass is 32.1. The van der Waals surface area contributed by atoms with Gasteiger partial charge in [0.05, 0.1) is 21.6 Å². The fraction of sp³-hybridized carbons (Fsp3) is 0.389. The van der Waals surface area contributed by atoms with Crippen LogP contribution in [0.2, 0.25) is 0 Å². The van der Waals surface area contributed by atoms with Crippen molar-refractivity contribution in [1.82, 2.24) is 9.88 Å². The van der Waals surface area contributed by atoms with Crippen LogP contribution in [0.15, 0.2) is 24.3 Å². The molecular weight excluding hydrogens is 322 g/mol. The number of carbonyl (C=O) groups is 2. The molecule has 1 aliphatic carbocycles. The lowest BCUT2D eigenvalue weighted by molar-refractivity contribution is 0.0717. The fourth-order valence-corrected chi connectivity index (χ4v) is 4.32. The van der Waals surface area contributed by atoms with E-state index in [2.05, 4.69) is 6.92 Å². The van der Waals surface area contributed by atoms with Crippen molar-refractivity contribution in [1.29, 1.82) is 0 Å². The summed E-state index contributed by atoms with van der Waals surface area (Å²) in [4.78, 5) is 31.7. The molecule has 1 unspecified atom stereocenters. The highest BCUT2D eigenvalue weighted by Gasteiger charge is 2.30. The number of fused-ring (bicyclic) bond motifs is 1. The Morgan fingerprint density at radius 3 is 2.58 bits per heavy atom. The molecule has 0 aliphatic heterocycles. The summed E-state index contributed by atoms with van der Waals surface area (Å²) in [6.07, 6.45) is 3.93. The Kier molecular flexibility index (Phi) is 4.66. The Morgan fingerprint density at radius 1 is 1.29 bits per heavy atom. The zero-order chi connectivity index (χ0) is 17.3. The molecule has 2 N–H and O–H groups in total. The maximum absolute atomic E-state index is 12.8. The molecule has 0 spiro atoms. The van der Waals surface area contributed by atoms with E-state index in [0.29, 0.717) is 11.1 Å². The lowest BCUT2D eigenvalue weighted by atomic mass is 9.96. The van der Waals surface area contributed by atoms with E-state index in [1.54, 1.807) is 40.5 Å². The number of nitrogens with zero attached hydrogens (tertiary/aromatic N) is 2. The molecule has 24 heavy (non-hydrogen) atoms. The molecule has 1 aromatic heterocycles. The van der Waals surface area contributed by atoms with Gasteiger partial charge in [0.1, 0.15) is 0 Å². The Labute approximate surface area is 145 Å². The Hall–Kier alpha value is -2.21. The topological polar surface area (TPSA) is 76.3 Å². The SMILES string of the molecule is CCc1nc2c(s1)C(N(C)C(=O)c1ccc(C(N)=O)cc1)CCC2. The van der Waals surface area contributed by atoms with Crippen molar-refractivity contribution < 1.29 is 9.59 Å². The quantitative estimate of drug-likeness (QED) is 0.927. The third kappa shape index (κ3) is 3.06. The van der Waals surface area contributed by atoms with E-state index in [-0.39, 0.29) is 11.9 Å². The molecule has 2 amide bonds. The summed E-state index contributed by atoms with van der Waals surface area (Å²) in [7, 11) is 1.84. The average Bonchev–Trinajstić information content (AvgIpc) is 3.03. The van der Waals surface area contributed by atoms with Crippen molar-refractivity contribution in [3.63, 3.8) is 0 Å². The molecule has 1 aromatic carbocycles. The number of hydrogen-bond donors (Lipinski definition) is 1. The van der Waals surface area contributed by atoms with Gasteiger partial charge in [-0.25, -0.2) is 4.98 Å². The maximum atomic E-state index is 12.8. The van der Waals surface area contributed by atoms with Gasteiger partial charge >= 0.3 is 0 Å². The van der Waals surface area contributed by atoms with E-state index in [4.69, 9.17) is 10.7 Å². The first-order valence-corrected chi connectivity index (χ1v) is 8.98. The molecule has 0 radical (unpaired) electrons. The Morgan fingerprint density at radius 2 is 1.96 bits per heavy atom. The van der Waals surface area contributed by atoms with E-state index in [1.807, 2.05) is 7.05 Å². The van der Waals surface area contributed by atoms with Gasteiger partial charge in [-0.15, -0.1) is 11.3 Å². The van der Waals surface area contributed by atoms with E-state index in [9.17, 15) is 9.59 Å². The smallest absolute Gasteiger partial charge is 0.254 e. The highest BCUT2D eigenvalue weighted by Crippen LogP contribution is 2.38. The number of thiazole rings is 1. The Bertz CT molecular complexity index is 767. The zero-order valence-corrected chi connectivity index (χ0v) is 14.7. The lowest BCUT2D eigenvalue weighted by Gasteiger charge is -2.30. The summed E-state index contributed by atoms with van der Waals surface area (Å²) >= 11 is 1.72. The van der Waals surface area contributed by atoms with Gasteiger partial charge in [0.25, 0.3) is 5.91 Å². The second kappa shape index (κ2) is 6.73.